The molecule has 1 saturated carbocycles. The van der Waals surface area contributed by atoms with Gasteiger partial charge in [0, 0.05) is 6.04 Å². The molecule has 0 aromatic heterocycles. The van der Waals surface area contributed by atoms with Gasteiger partial charge in [-0.05, 0) is 30.5 Å². The van der Waals surface area contributed by atoms with Crippen molar-refractivity contribution in [3.63, 3.8) is 0 Å². The van der Waals surface area contributed by atoms with Crippen molar-refractivity contribution in [2.45, 2.75) is 50.6 Å². The fraction of sp³-hybridized carbons (Fsp3) is 0.562. The number of benzene rings is 1. The molecule has 21 heavy (non-hydrogen) atoms. The number of nitrogens with one attached hydrogen (secondary N) is 1. The molecular weight excluding hydrogens is 290 g/mol. The van der Waals surface area contributed by atoms with Gasteiger partial charge in [-0.25, -0.2) is 4.79 Å². The molecule has 0 spiro atoms. The first-order chi connectivity index (χ1) is 10.1. The summed E-state index contributed by atoms with van der Waals surface area (Å²) in [6.07, 6.45) is 7.01. The maximum atomic E-state index is 12.1. The molecule has 1 aliphatic carbocycles. The van der Waals surface area contributed by atoms with Crippen molar-refractivity contribution >= 4 is 17.6 Å². The lowest BCUT2D eigenvalue weighted by Gasteiger charge is -2.23. The first-order valence-electron chi connectivity index (χ1n) is 7.44. The lowest BCUT2D eigenvalue weighted by atomic mass is 10.0. The summed E-state index contributed by atoms with van der Waals surface area (Å²) in [5.41, 5.74) is 0.717. The van der Waals surface area contributed by atoms with Gasteiger partial charge in [-0.2, -0.15) is 0 Å². The van der Waals surface area contributed by atoms with Gasteiger partial charge in [0.05, 0.1) is 12.1 Å². The van der Waals surface area contributed by atoms with Crippen LogP contribution in [-0.2, 0) is 9.53 Å². The minimum Gasteiger partial charge on any atom is -0.506 e. The number of ether oxygens (including phenoxy) is 1. The van der Waals surface area contributed by atoms with Gasteiger partial charge in [-0.1, -0.05) is 43.4 Å². The third-order valence-corrected chi connectivity index (χ3v) is 4.30. The zero-order valence-electron chi connectivity index (χ0n) is 12.3. The lowest BCUT2D eigenvalue weighted by Crippen LogP contribution is -2.37. The van der Waals surface area contributed by atoms with Crippen LogP contribution in [0.5, 0.6) is 5.75 Å². The summed E-state index contributed by atoms with van der Waals surface area (Å²) in [4.78, 5) is 12.1. The summed E-state index contributed by atoms with van der Waals surface area (Å²) in [7, 11) is 1.38. The number of phenols is 1. The Bertz CT molecular complexity index is 484. The molecule has 0 radical (unpaired) electrons. The van der Waals surface area contributed by atoms with Gasteiger partial charge in [0.25, 0.3) is 0 Å². The van der Waals surface area contributed by atoms with E-state index in [1.165, 1.54) is 38.9 Å². The number of rotatable bonds is 4. The van der Waals surface area contributed by atoms with Crippen LogP contribution in [0.4, 0.5) is 0 Å². The van der Waals surface area contributed by atoms with Crippen LogP contribution in [0.25, 0.3) is 0 Å². The van der Waals surface area contributed by atoms with E-state index in [1.54, 1.807) is 12.1 Å². The monoisotopic (exact) mass is 311 g/mol. The standard InChI is InChI=1S/C16H22ClNO3/c1-21-16(20)15(11-8-9-14(19)13(17)10-11)18-12-6-4-2-3-5-7-12/h8-10,12,15,18-19H,2-7H2,1H3. The maximum absolute atomic E-state index is 12.1. The van der Waals surface area contributed by atoms with E-state index in [9.17, 15) is 9.90 Å². The largest absolute Gasteiger partial charge is 0.506 e. The SMILES string of the molecule is COC(=O)C(NC1CCCCCC1)c1ccc(O)c(Cl)c1. The highest BCUT2D eigenvalue weighted by molar-refractivity contribution is 6.32. The van der Waals surface area contributed by atoms with Gasteiger partial charge in [0.15, 0.2) is 0 Å². The molecule has 2 rings (SSSR count). The van der Waals surface area contributed by atoms with Crippen molar-refractivity contribution in [3.05, 3.63) is 28.8 Å². The average molecular weight is 312 g/mol. The van der Waals surface area contributed by atoms with Crippen LogP contribution < -0.4 is 5.32 Å². The first kappa shape index (κ1) is 16.1. The number of methoxy groups -OCH3 is 1. The Balaban J connectivity index is 2.17. The van der Waals surface area contributed by atoms with E-state index >= 15 is 0 Å². The zero-order chi connectivity index (χ0) is 15.2. The lowest BCUT2D eigenvalue weighted by molar-refractivity contribution is -0.143. The van der Waals surface area contributed by atoms with E-state index in [0.29, 0.717) is 11.6 Å². The van der Waals surface area contributed by atoms with Gasteiger partial charge >= 0.3 is 5.97 Å². The van der Waals surface area contributed by atoms with Crippen molar-refractivity contribution in [2.75, 3.05) is 7.11 Å². The van der Waals surface area contributed by atoms with Crippen molar-refractivity contribution in [1.29, 1.82) is 0 Å². The predicted octanol–water partition coefficient (Wildman–Crippen LogP) is 3.57. The molecule has 0 amide bonds. The Labute approximate surface area is 130 Å². The summed E-state index contributed by atoms with van der Waals surface area (Å²) in [5.74, 6) is -0.320. The molecule has 0 saturated heterocycles. The third kappa shape index (κ3) is 4.35. The quantitative estimate of drug-likeness (QED) is 0.659. The molecule has 4 nitrogen and oxygen atoms in total. The third-order valence-electron chi connectivity index (χ3n) is 4.00. The number of aromatic hydroxyl groups is 1. The van der Waals surface area contributed by atoms with Crippen LogP contribution in [-0.4, -0.2) is 24.2 Å². The van der Waals surface area contributed by atoms with Gasteiger partial charge in [0.1, 0.15) is 11.8 Å². The molecule has 0 bridgehead atoms. The minimum absolute atomic E-state index is 0.0125. The van der Waals surface area contributed by atoms with Crippen molar-refractivity contribution < 1.29 is 14.6 Å². The van der Waals surface area contributed by atoms with E-state index in [1.807, 2.05) is 0 Å². The molecule has 0 heterocycles. The zero-order valence-corrected chi connectivity index (χ0v) is 13.0. The highest BCUT2D eigenvalue weighted by Gasteiger charge is 2.25. The highest BCUT2D eigenvalue weighted by atomic mass is 35.5. The minimum atomic E-state index is -0.545. The summed E-state index contributed by atoms with van der Waals surface area (Å²) in [5, 5.41) is 13.1. The molecule has 1 aliphatic rings. The molecule has 5 heteroatoms. The molecule has 1 aromatic rings. The normalized spacial score (nSPS) is 18.0. The molecule has 1 unspecified atom stereocenters. The van der Waals surface area contributed by atoms with E-state index in [2.05, 4.69) is 5.32 Å². The number of carbonyl (C=O) groups excluding carboxylic acids is 1. The first-order valence-corrected chi connectivity index (χ1v) is 7.82. The number of esters is 1. The second kappa shape index (κ2) is 7.66. The van der Waals surface area contributed by atoms with Crippen molar-refractivity contribution in [1.82, 2.24) is 5.32 Å². The highest BCUT2D eigenvalue weighted by Crippen LogP contribution is 2.28. The molecule has 2 N–H and O–H groups in total. The van der Waals surface area contributed by atoms with Crippen LogP contribution in [0.15, 0.2) is 18.2 Å². The Morgan fingerprint density at radius 2 is 2.00 bits per heavy atom. The fourth-order valence-electron chi connectivity index (χ4n) is 2.80. The summed E-state index contributed by atoms with van der Waals surface area (Å²) in [6, 6.07) is 4.58. The molecule has 1 fully saturated rings. The number of carbonyl (C=O) groups is 1. The van der Waals surface area contributed by atoms with Gasteiger partial charge < -0.3 is 9.84 Å². The van der Waals surface area contributed by atoms with Gasteiger partial charge in [-0.3, -0.25) is 5.32 Å². The number of hydrogen-bond donors (Lipinski definition) is 2. The molecule has 1 atom stereocenters. The fourth-order valence-corrected chi connectivity index (χ4v) is 2.99. The Morgan fingerprint density at radius 3 is 2.57 bits per heavy atom. The molecule has 0 aliphatic heterocycles. The average Bonchev–Trinajstić information content (AvgIpc) is 2.75. The van der Waals surface area contributed by atoms with Crippen LogP contribution in [0, 0.1) is 0 Å². The van der Waals surface area contributed by atoms with Crippen LogP contribution in [0.2, 0.25) is 5.02 Å². The van der Waals surface area contributed by atoms with E-state index in [4.69, 9.17) is 16.3 Å². The van der Waals surface area contributed by atoms with Gasteiger partial charge in [-0.15, -0.1) is 0 Å². The predicted molar refractivity (Wildman–Crippen MR) is 82.5 cm³/mol. The number of halogens is 1. The van der Waals surface area contributed by atoms with Gasteiger partial charge in [0.2, 0.25) is 0 Å². The summed E-state index contributed by atoms with van der Waals surface area (Å²) < 4.78 is 4.90. The molecule has 1 aromatic carbocycles. The topological polar surface area (TPSA) is 58.6 Å². The summed E-state index contributed by atoms with van der Waals surface area (Å²) >= 11 is 5.94. The Kier molecular flexibility index (Phi) is 5.88. The Hall–Kier alpha value is -1.26. The smallest absolute Gasteiger partial charge is 0.327 e. The van der Waals surface area contributed by atoms with Crippen molar-refractivity contribution in [3.8, 4) is 5.75 Å². The molecular formula is C16H22ClNO3. The summed E-state index contributed by atoms with van der Waals surface area (Å²) in [6.45, 7) is 0. The molecule has 116 valence electrons. The van der Waals surface area contributed by atoms with Crippen LogP contribution in [0.1, 0.15) is 50.1 Å². The Morgan fingerprint density at radius 1 is 1.33 bits per heavy atom. The number of phenolic OH excluding ortho intramolecular Hbond substituents is 1. The van der Waals surface area contributed by atoms with E-state index in [0.717, 1.165) is 12.8 Å². The number of hydrogen-bond acceptors (Lipinski definition) is 4. The maximum Gasteiger partial charge on any atom is 0.327 e. The van der Waals surface area contributed by atoms with Crippen LogP contribution in [0.3, 0.4) is 0 Å². The second-order valence-electron chi connectivity index (χ2n) is 5.52. The van der Waals surface area contributed by atoms with E-state index in [-0.39, 0.29) is 16.7 Å². The van der Waals surface area contributed by atoms with E-state index < -0.39 is 6.04 Å². The van der Waals surface area contributed by atoms with Crippen molar-refractivity contribution in [2.24, 2.45) is 0 Å². The van der Waals surface area contributed by atoms with Crippen LogP contribution >= 0.6 is 11.6 Å². The second-order valence-corrected chi connectivity index (χ2v) is 5.93.